The molecular weight excluding hydrogens is 410 g/mol. The van der Waals surface area contributed by atoms with Crippen molar-refractivity contribution in [1.29, 1.82) is 0 Å². The van der Waals surface area contributed by atoms with Gasteiger partial charge in [-0.05, 0) is 63.8 Å². The van der Waals surface area contributed by atoms with Crippen LogP contribution in [0.1, 0.15) is 22.3 Å². The van der Waals surface area contributed by atoms with E-state index in [1.807, 2.05) is 33.2 Å². The van der Waals surface area contributed by atoms with Crippen LogP contribution in [0.2, 0.25) is 5.02 Å². The van der Waals surface area contributed by atoms with Crippen molar-refractivity contribution in [2.24, 2.45) is 0 Å². The third kappa shape index (κ3) is 4.03. The zero-order valence-electron chi connectivity index (χ0n) is 16.6. The SMILES string of the molecule is Cc1ccc(Cl)c2sc(N(CCCN(C)C)C(=O)c3ccc4c(c3)OCO4)nc12. The van der Waals surface area contributed by atoms with E-state index in [2.05, 4.69) is 4.90 Å². The number of hydrogen-bond donors (Lipinski definition) is 0. The highest BCUT2D eigenvalue weighted by atomic mass is 35.5. The van der Waals surface area contributed by atoms with Gasteiger partial charge in [0, 0.05) is 12.1 Å². The Bertz CT molecular complexity index is 1030. The highest BCUT2D eigenvalue weighted by Gasteiger charge is 2.24. The van der Waals surface area contributed by atoms with E-state index in [4.69, 9.17) is 26.1 Å². The minimum absolute atomic E-state index is 0.116. The van der Waals surface area contributed by atoms with Gasteiger partial charge in [0.1, 0.15) is 0 Å². The van der Waals surface area contributed by atoms with Gasteiger partial charge in [0.25, 0.3) is 5.91 Å². The number of halogens is 1. The smallest absolute Gasteiger partial charge is 0.260 e. The average Bonchev–Trinajstić information content (AvgIpc) is 3.34. The molecule has 29 heavy (non-hydrogen) atoms. The molecule has 0 atom stereocenters. The number of thiazole rings is 1. The molecule has 0 N–H and O–H groups in total. The van der Waals surface area contributed by atoms with Crippen LogP contribution in [0.3, 0.4) is 0 Å². The fourth-order valence-electron chi connectivity index (χ4n) is 3.22. The number of amides is 1. The lowest BCUT2D eigenvalue weighted by molar-refractivity contribution is 0.0985. The molecule has 0 aliphatic carbocycles. The minimum Gasteiger partial charge on any atom is -0.454 e. The maximum atomic E-state index is 13.4. The van der Waals surface area contributed by atoms with E-state index >= 15 is 0 Å². The van der Waals surface area contributed by atoms with Gasteiger partial charge in [-0.25, -0.2) is 4.98 Å². The Labute approximate surface area is 178 Å². The van der Waals surface area contributed by atoms with Gasteiger partial charge < -0.3 is 14.4 Å². The second kappa shape index (κ2) is 8.18. The second-order valence-corrected chi connectivity index (χ2v) is 8.60. The predicted molar refractivity (Wildman–Crippen MR) is 117 cm³/mol. The maximum absolute atomic E-state index is 13.4. The first kappa shape index (κ1) is 19.9. The molecule has 0 fully saturated rings. The third-order valence-electron chi connectivity index (χ3n) is 4.77. The highest BCUT2D eigenvalue weighted by molar-refractivity contribution is 7.23. The number of carbonyl (C=O) groups is 1. The molecular formula is C21H22ClN3O3S. The fraction of sp³-hybridized carbons (Fsp3) is 0.333. The molecule has 0 unspecified atom stereocenters. The Morgan fingerprint density at radius 2 is 1.97 bits per heavy atom. The summed E-state index contributed by atoms with van der Waals surface area (Å²) >= 11 is 7.83. The molecule has 1 amide bonds. The van der Waals surface area contributed by atoms with E-state index in [0.717, 1.165) is 28.7 Å². The molecule has 0 radical (unpaired) electrons. The van der Waals surface area contributed by atoms with Crippen LogP contribution < -0.4 is 14.4 Å². The van der Waals surface area contributed by atoms with E-state index in [9.17, 15) is 4.79 Å². The first-order valence-electron chi connectivity index (χ1n) is 9.36. The van der Waals surface area contributed by atoms with Crippen LogP contribution in [0.5, 0.6) is 11.5 Å². The van der Waals surface area contributed by atoms with Gasteiger partial charge in [0.2, 0.25) is 6.79 Å². The number of aromatic nitrogens is 1. The van der Waals surface area contributed by atoms with Crippen LogP contribution in [0.4, 0.5) is 5.13 Å². The molecule has 6 nitrogen and oxygen atoms in total. The number of benzene rings is 2. The number of aryl methyl sites for hydroxylation is 1. The molecule has 0 bridgehead atoms. The quantitative estimate of drug-likeness (QED) is 0.571. The first-order valence-corrected chi connectivity index (χ1v) is 10.6. The fourth-order valence-corrected chi connectivity index (χ4v) is 4.56. The molecule has 2 heterocycles. The Hall–Kier alpha value is -2.35. The molecule has 8 heteroatoms. The van der Waals surface area contributed by atoms with E-state index < -0.39 is 0 Å². The normalized spacial score (nSPS) is 12.7. The molecule has 1 aromatic heterocycles. The average molecular weight is 432 g/mol. The van der Waals surface area contributed by atoms with Gasteiger partial charge in [0.05, 0.1) is 15.2 Å². The molecule has 4 rings (SSSR count). The summed E-state index contributed by atoms with van der Waals surface area (Å²) in [6.45, 7) is 3.60. The molecule has 152 valence electrons. The van der Waals surface area contributed by atoms with Gasteiger partial charge in [-0.3, -0.25) is 9.69 Å². The van der Waals surface area contributed by atoms with Crippen LogP contribution in [-0.2, 0) is 0 Å². The summed E-state index contributed by atoms with van der Waals surface area (Å²) in [7, 11) is 4.04. The van der Waals surface area contributed by atoms with Crippen LogP contribution in [-0.4, -0.2) is 49.8 Å². The van der Waals surface area contributed by atoms with Crippen molar-refractivity contribution in [3.63, 3.8) is 0 Å². The molecule has 3 aromatic rings. The lowest BCUT2D eigenvalue weighted by Gasteiger charge is -2.21. The molecule has 0 saturated carbocycles. The van der Waals surface area contributed by atoms with Gasteiger partial charge in [-0.15, -0.1) is 0 Å². The molecule has 1 aliphatic heterocycles. The molecule has 0 saturated heterocycles. The number of anilines is 1. The predicted octanol–water partition coefficient (Wildman–Crippen LogP) is 4.59. The number of nitrogens with zero attached hydrogens (tertiary/aromatic N) is 3. The number of rotatable bonds is 6. The Morgan fingerprint density at radius 3 is 2.72 bits per heavy atom. The maximum Gasteiger partial charge on any atom is 0.260 e. The van der Waals surface area contributed by atoms with Crippen molar-refractivity contribution < 1.29 is 14.3 Å². The number of fused-ring (bicyclic) bond motifs is 2. The lowest BCUT2D eigenvalue weighted by atomic mass is 10.1. The summed E-state index contributed by atoms with van der Waals surface area (Å²) < 4.78 is 11.7. The van der Waals surface area contributed by atoms with E-state index in [0.29, 0.717) is 33.8 Å². The van der Waals surface area contributed by atoms with Gasteiger partial charge in [-0.1, -0.05) is 29.0 Å². The number of hydrogen-bond acceptors (Lipinski definition) is 6. The Balaban J connectivity index is 1.70. The zero-order chi connectivity index (χ0) is 20.5. The highest BCUT2D eigenvalue weighted by Crippen LogP contribution is 2.37. The van der Waals surface area contributed by atoms with E-state index in [1.54, 1.807) is 23.1 Å². The first-order chi connectivity index (χ1) is 13.9. The van der Waals surface area contributed by atoms with Crippen molar-refractivity contribution >= 4 is 44.2 Å². The minimum atomic E-state index is -0.116. The van der Waals surface area contributed by atoms with Gasteiger partial charge >= 0.3 is 0 Å². The standard InChI is InChI=1S/C21H22ClN3O3S/c1-13-5-7-15(22)19-18(13)23-21(29-19)25(10-4-9-24(2)3)20(26)14-6-8-16-17(11-14)28-12-27-16/h5-8,11H,4,9-10,12H2,1-3H3. The van der Waals surface area contributed by atoms with Crippen molar-refractivity contribution in [3.8, 4) is 11.5 Å². The van der Waals surface area contributed by atoms with Crippen molar-refractivity contribution in [1.82, 2.24) is 9.88 Å². The van der Waals surface area contributed by atoms with E-state index in [-0.39, 0.29) is 12.7 Å². The van der Waals surface area contributed by atoms with Crippen molar-refractivity contribution in [2.75, 3.05) is 38.9 Å². The summed E-state index contributed by atoms with van der Waals surface area (Å²) in [6.07, 6.45) is 0.825. The van der Waals surface area contributed by atoms with Crippen molar-refractivity contribution in [3.05, 3.63) is 46.5 Å². The second-order valence-electron chi connectivity index (χ2n) is 7.22. The van der Waals surface area contributed by atoms with Crippen LogP contribution in [0.15, 0.2) is 30.3 Å². The number of carbonyl (C=O) groups excluding carboxylic acids is 1. The summed E-state index contributed by atoms with van der Waals surface area (Å²) in [5.41, 5.74) is 2.42. The molecule has 1 aliphatic rings. The lowest BCUT2D eigenvalue weighted by Crippen LogP contribution is -2.33. The van der Waals surface area contributed by atoms with Crippen LogP contribution >= 0.6 is 22.9 Å². The van der Waals surface area contributed by atoms with Crippen molar-refractivity contribution in [2.45, 2.75) is 13.3 Å². The summed E-state index contributed by atoms with van der Waals surface area (Å²) in [4.78, 5) is 22.0. The third-order valence-corrected chi connectivity index (χ3v) is 6.31. The van der Waals surface area contributed by atoms with Crippen LogP contribution in [0.25, 0.3) is 10.2 Å². The summed E-state index contributed by atoms with van der Waals surface area (Å²) in [5, 5.41) is 1.30. The van der Waals surface area contributed by atoms with Gasteiger partial charge in [-0.2, -0.15) is 0 Å². The summed E-state index contributed by atoms with van der Waals surface area (Å²) in [6, 6.07) is 9.09. The Kier molecular flexibility index (Phi) is 5.63. The molecule has 2 aromatic carbocycles. The number of ether oxygens (including phenoxy) is 2. The largest absolute Gasteiger partial charge is 0.454 e. The topological polar surface area (TPSA) is 54.9 Å². The monoisotopic (exact) mass is 431 g/mol. The zero-order valence-corrected chi connectivity index (χ0v) is 18.1. The van der Waals surface area contributed by atoms with Crippen LogP contribution in [0, 0.1) is 6.92 Å². The van der Waals surface area contributed by atoms with E-state index in [1.165, 1.54) is 11.3 Å². The van der Waals surface area contributed by atoms with Gasteiger partial charge in [0.15, 0.2) is 16.6 Å². The summed E-state index contributed by atoms with van der Waals surface area (Å²) in [5.74, 6) is 1.13. The molecule has 0 spiro atoms. The Morgan fingerprint density at radius 1 is 1.17 bits per heavy atom.